The highest BCUT2D eigenvalue weighted by Crippen LogP contribution is 2.18. The standard InChI is InChI=1S/C13H19FN2O2S/c1-7-4-9(15)5-10(12(7)14)13(18)16-8(2)11(6-17)19-3/h4-5,8,11,17H,6,15H2,1-3H3,(H,16,18). The summed E-state index contributed by atoms with van der Waals surface area (Å²) in [6.45, 7) is 3.28. The summed E-state index contributed by atoms with van der Waals surface area (Å²) in [4.78, 5) is 12.0. The van der Waals surface area contributed by atoms with Crippen molar-refractivity contribution in [1.82, 2.24) is 5.32 Å². The molecule has 0 aromatic heterocycles. The van der Waals surface area contributed by atoms with E-state index in [4.69, 9.17) is 10.8 Å². The number of aliphatic hydroxyl groups is 1. The first-order valence-electron chi connectivity index (χ1n) is 5.90. The number of aryl methyl sites for hydroxylation is 1. The van der Waals surface area contributed by atoms with Gasteiger partial charge in [-0.05, 0) is 37.8 Å². The van der Waals surface area contributed by atoms with Crippen molar-refractivity contribution in [2.45, 2.75) is 25.1 Å². The average Bonchev–Trinajstić information content (AvgIpc) is 2.35. The van der Waals surface area contributed by atoms with Crippen LogP contribution in [0.2, 0.25) is 0 Å². The number of carbonyl (C=O) groups is 1. The van der Waals surface area contributed by atoms with Crippen LogP contribution in [0.5, 0.6) is 0 Å². The third-order valence-electron chi connectivity index (χ3n) is 2.92. The van der Waals surface area contributed by atoms with Crippen LogP contribution in [0, 0.1) is 12.7 Å². The minimum atomic E-state index is -0.566. The molecule has 0 aliphatic heterocycles. The Hall–Kier alpha value is -1.27. The number of halogens is 1. The van der Waals surface area contributed by atoms with Crippen LogP contribution in [0.25, 0.3) is 0 Å². The summed E-state index contributed by atoms with van der Waals surface area (Å²) in [7, 11) is 0. The lowest BCUT2D eigenvalue weighted by atomic mass is 10.1. The SMILES string of the molecule is CSC(CO)C(C)NC(=O)c1cc(N)cc(C)c1F. The fraction of sp³-hybridized carbons (Fsp3) is 0.462. The van der Waals surface area contributed by atoms with Crippen LogP contribution in [0.3, 0.4) is 0 Å². The number of benzene rings is 1. The fourth-order valence-electron chi connectivity index (χ4n) is 1.78. The monoisotopic (exact) mass is 286 g/mol. The lowest BCUT2D eigenvalue weighted by Gasteiger charge is -2.21. The zero-order valence-electron chi connectivity index (χ0n) is 11.2. The normalized spacial score (nSPS) is 13.9. The molecule has 1 aromatic carbocycles. The van der Waals surface area contributed by atoms with Crippen LogP contribution in [0.15, 0.2) is 12.1 Å². The van der Waals surface area contributed by atoms with Gasteiger partial charge < -0.3 is 16.2 Å². The Morgan fingerprint density at radius 1 is 1.58 bits per heavy atom. The Labute approximate surface area is 116 Å². The summed E-state index contributed by atoms with van der Waals surface area (Å²) in [5.41, 5.74) is 6.23. The van der Waals surface area contributed by atoms with Gasteiger partial charge in [-0.15, -0.1) is 0 Å². The summed E-state index contributed by atoms with van der Waals surface area (Å²) in [5.74, 6) is -1.09. The molecule has 106 valence electrons. The molecule has 6 heteroatoms. The molecule has 2 unspecified atom stereocenters. The second-order valence-electron chi connectivity index (χ2n) is 4.42. The molecule has 1 aromatic rings. The van der Waals surface area contributed by atoms with E-state index in [1.54, 1.807) is 13.8 Å². The molecule has 0 fully saturated rings. The van der Waals surface area contributed by atoms with E-state index in [-0.39, 0.29) is 23.5 Å². The van der Waals surface area contributed by atoms with Gasteiger partial charge in [-0.3, -0.25) is 4.79 Å². The van der Waals surface area contributed by atoms with E-state index in [0.29, 0.717) is 11.3 Å². The second-order valence-corrected chi connectivity index (χ2v) is 5.50. The number of rotatable bonds is 5. The average molecular weight is 286 g/mol. The maximum atomic E-state index is 13.9. The molecule has 0 saturated carbocycles. The third kappa shape index (κ3) is 3.84. The maximum absolute atomic E-state index is 13.9. The van der Waals surface area contributed by atoms with Gasteiger partial charge in [0.1, 0.15) is 5.82 Å². The van der Waals surface area contributed by atoms with Crippen LogP contribution in [0.4, 0.5) is 10.1 Å². The van der Waals surface area contributed by atoms with Gasteiger partial charge in [0.2, 0.25) is 0 Å². The number of aliphatic hydroxyl groups excluding tert-OH is 1. The van der Waals surface area contributed by atoms with E-state index < -0.39 is 11.7 Å². The van der Waals surface area contributed by atoms with Crippen molar-refractivity contribution >= 4 is 23.4 Å². The predicted molar refractivity (Wildman–Crippen MR) is 76.9 cm³/mol. The number of thioether (sulfide) groups is 1. The van der Waals surface area contributed by atoms with E-state index >= 15 is 0 Å². The molecule has 19 heavy (non-hydrogen) atoms. The number of anilines is 1. The molecule has 4 nitrogen and oxygen atoms in total. The van der Waals surface area contributed by atoms with Gasteiger partial charge in [-0.25, -0.2) is 4.39 Å². The van der Waals surface area contributed by atoms with Crippen molar-refractivity contribution in [3.8, 4) is 0 Å². The summed E-state index contributed by atoms with van der Waals surface area (Å²) < 4.78 is 13.9. The first-order chi connectivity index (χ1) is 8.90. The first kappa shape index (κ1) is 15.8. The van der Waals surface area contributed by atoms with Crippen LogP contribution in [0.1, 0.15) is 22.8 Å². The molecule has 1 amide bonds. The molecule has 0 aliphatic carbocycles. The molecule has 0 bridgehead atoms. The molecular weight excluding hydrogens is 267 g/mol. The van der Waals surface area contributed by atoms with Crippen LogP contribution in [-0.2, 0) is 0 Å². The summed E-state index contributed by atoms with van der Waals surface area (Å²) >= 11 is 1.44. The van der Waals surface area contributed by atoms with Crippen LogP contribution < -0.4 is 11.1 Å². The maximum Gasteiger partial charge on any atom is 0.254 e. The van der Waals surface area contributed by atoms with E-state index in [9.17, 15) is 9.18 Å². The van der Waals surface area contributed by atoms with Crippen molar-refractivity contribution < 1.29 is 14.3 Å². The Kier molecular flexibility index (Phi) is 5.62. The van der Waals surface area contributed by atoms with Gasteiger partial charge in [0.15, 0.2) is 0 Å². The van der Waals surface area contributed by atoms with Crippen molar-refractivity contribution in [2.75, 3.05) is 18.6 Å². The highest BCUT2D eigenvalue weighted by Gasteiger charge is 2.21. The quantitative estimate of drug-likeness (QED) is 0.718. The van der Waals surface area contributed by atoms with Gasteiger partial charge in [0.05, 0.1) is 12.2 Å². The highest BCUT2D eigenvalue weighted by molar-refractivity contribution is 7.99. The number of hydrogen-bond donors (Lipinski definition) is 3. The van der Waals surface area contributed by atoms with E-state index in [1.165, 1.54) is 23.9 Å². The number of hydrogen-bond acceptors (Lipinski definition) is 4. The van der Waals surface area contributed by atoms with Crippen LogP contribution in [-0.4, -0.2) is 35.2 Å². The smallest absolute Gasteiger partial charge is 0.254 e. The first-order valence-corrected chi connectivity index (χ1v) is 7.19. The summed E-state index contributed by atoms with van der Waals surface area (Å²) in [6.07, 6.45) is 1.84. The zero-order chi connectivity index (χ0) is 14.6. The van der Waals surface area contributed by atoms with Crippen LogP contribution >= 0.6 is 11.8 Å². The van der Waals surface area contributed by atoms with Gasteiger partial charge in [-0.2, -0.15) is 11.8 Å². The molecule has 2 atom stereocenters. The Bertz CT molecular complexity index is 464. The van der Waals surface area contributed by atoms with Crippen molar-refractivity contribution in [3.63, 3.8) is 0 Å². The number of amides is 1. The predicted octanol–water partition coefficient (Wildman–Crippen LogP) is 1.56. The summed E-state index contributed by atoms with van der Waals surface area (Å²) in [6, 6.07) is 2.53. The second kappa shape index (κ2) is 6.77. The van der Waals surface area contributed by atoms with E-state index in [1.807, 2.05) is 6.26 Å². The van der Waals surface area contributed by atoms with Gasteiger partial charge in [0, 0.05) is 17.0 Å². The molecule has 0 spiro atoms. The number of nitrogens with two attached hydrogens (primary N) is 1. The molecular formula is C13H19FN2O2S. The third-order valence-corrected chi connectivity index (χ3v) is 4.08. The minimum Gasteiger partial charge on any atom is -0.399 e. The van der Waals surface area contributed by atoms with Crippen molar-refractivity contribution in [3.05, 3.63) is 29.1 Å². The molecule has 0 heterocycles. The molecule has 1 rings (SSSR count). The molecule has 0 aliphatic rings. The van der Waals surface area contributed by atoms with Gasteiger partial charge >= 0.3 is 0 Å². The van der Waals surface area contributed by atoms with E-state index in [2.05, 4.69) is 5.32 Å². The highest BCUT2D eigenvalue weighted by atomic mass is 32.2. The number of carbonyl (C=O) groups excluding carboxylic acids is 1. The zero-order valence-corrected chi connectivity index (χ0v) is 12.1. The Morgan fingerprint density at radius 2 is 2.21 bits per heavy atom. The van der Waals surface area contributed by atoms with Gasteiger partial charge in [-0.1, -0.05) is 0 Å². The van der Waals surface area contributed by atoms with Crippen molar-refractivity contribution in [2.24, 2.45) is 0 Å². The fourth-order valence-corrected chi connectivity index (χ4v) is 2.40. The minimum absolute atomic E-state index is 0.0545. The largest absolute Gasteiger partial charge is 0.399 e. The van der Waals surface area contributed by atoms with Crippen molar-refractivity contribution in [1.29, 1.82) is 0 Å². The molecule has 4 N–H and O–H groups in total. The Morgan fingerprint density at radius 3 is 2.74 bits per heavy atom. The molecule has 0 saturated heterocycles. The Balaban J connectivity index is 2.90. The van der Waals surface area contributed by atoms with Gasteiger partial charge in [0.25, 0.3) is 5.91 Å². The molecule has 0 radical (unpaired) electrons. The number of nitrogens with one attached hydrogen (secondary N) is 1. The van der Waals surface area contributed by atoms with E-state index in [0.717, 1.165) is 0 Å². The topological polar surface area (TPSA) is 75.3 Å². The number of nitrogen functional groups attached to an aromatic ring is 1. The summed E-state index contributed by atoms with van der Waals surface area (Å²) in [5, 5.41) is 11.7. The lowest BCUT2D eigenvalue weighted by molar-refractivity contribution is 0.0931. The lowest BCUT2D eigenvalue weighted by Crippen LogP contribution is -2.41.